The van der Waals surface area contributed by atoms with E-state index in [0.717, 1.165) is 23.4 Å². The van der Waals surface area contributed by atoms with Crippen molar-refractivity contribution in [1.82, 2.24) is 14.5 Å². The van der Waals surface area contributed by atoms with Gasteiger partial charge < -0.3 is 9.30 Å². The van der Waals surface area contributed by atoms with E-state index in [0.29, 0.717) is 11.8 Å². The second kappa shape index (κ2) is 4.12. The first-order valence-electron chi connectivity index (χ1n) is 6.17. The SMILES string of the molecule is COc1ccc2nc(CCCl)n(C3(C)CC3)c2n1. The van der Waals surface area contributed by atoms with E-state index in [-0.39, 0.29) is 5.54 Å². The monoisotopic (exact) mass is 265 g/mol. The lowest BCUT2D eigenvalue weighted by Gasteiger charge is -2.15. The highest BCUT2D eigenvalue weighted by Crippen LogP contribution is 2.45. The van der Waals surface area contributed by atoms with Gasteiger partial charge in [0.05, 0.1) is 7.11 Å². The molecule has 18 heavy (non-hydrogen) atoms. The van der Waals surface area contributed by atoms with E-state index in [1.54, 1.807) is 7.11 Å². The number of aromatic nitrogens is 3. The molecule has 0 spiro atoms. The van der Waals surface area contributed by atoms with E-state index in [4.69, 9.17) is 16.3 Å². The van der Waals surface area contributed by atoms with Crippen molar-refractivity contribution in [3.63, 3.8) is 0 Å². The van der Waals surface area contributed by atoms with E-state index in [1.165, 1.54) is 12.8 Å². The Morgan fingerprint density at radius 3 is 2.78 bits per heavy atom. The van der Waals surface area contributed by atoms with Crippen molar-refractivity contribution in [3.8, 4) is 5.88 Å². The predicted molar refractivity (Wildman–Crippen MR) is 71.4 cm³/mol. The highest BCUT2D eigenvalue weighted by Gasteiger charge is 2.42. The van der Waals surface area contributed by atoms with Crippen molar-refractivity contribution in [2.45, 2.75) is 31.7 Å². The standard InChI is InChI=1S/C13H16ClN3O/c1-13(6-7-13)17-10(5-8-14)15-9-3-4-11(18-2)16-12(9)17/h3-4H,5-8H2,1-2H3. The summed E-state index contributed by atoms with van der Waals surface area (Å²) in [6, 6.07) is 3.81. The van der Waals surface area contributed by atoms with Crippen molar-refractivity contribution in [2.24, 2.45) is 0 Å². The minimum absolute atomic E-state index is 0.162. The first-order chi connectivity index (χ1) is 8.68. The molecule has 0 N–H and O–H groups in total. The molecule has 3 rings (SSSR count). The molecule has 0 amide bonds. The zero-order valence-electron chi connectivity index (χ0n) is 10.6. The number of methoxy groups -OCH3 is 1. The van der Waals surface area contributed by atoms with Gasteiger partial charge in [-0.2, -0.15) is 4.98 Å². The summed E-state index contributed by atoms with van der Waals surface area (Å²) in [7, 11) is 1.63. The lowest BCUT2D eigenvalue weighted by atomic mass is 10.3. The molecular weight excluding hydrogens is 250 g/mol. The topological polar surface area (TPSA) is 39.9 Å². The number of halogens is 1. The van der Waals surface area contributed by atoms with Crippen LogP contribution in [0.2, 0.25) is 0 Å². The van der Waals surface area contributed by atoms with Crippen LogP contribution in [0.3, 0.4) is 0 Å². The number of alkyl halides is 1. The number of hydrogen-bond donors (Lipinski definition) is 0. The van der Waals surface area contributed by atoms with Crippen LogP contribution >= 0.6 is 11.6 Å². The molecule has 0 saturated heterocycles. The normalized spacial score (nSPS) is 17.1. The van der Waals surface area contributed by atoms with E-state index in [1.807, 2.05) is 12.1 Å². The zero-order chi connectivity index (χ0) is 12.8. The quantitative estimate of drug-likeness (QED) is 0.798. The molecule has 1 aliphatic rings. The molecule has 2 aromatic rings. The van der Waals surface area contributed by atoms with Gasteiger partial charge in [0.25, 0.3) is 0 Å². The number of imidazole rings is 1. The van der Waals surface area contributed by atoms with Crippen molar-refractivity contribution < 1.29 is 4.74 Å². The third-order valence-electron chi connectivity index (χ3n) is 3.59. The van der Waals surface area contributed by atoms with Gasteiger partial charge in [0.15, 0.2) is 5.65 Å². The maximum Gasteiger partial charge on any atom is 0.215 e. The summed E-state index contributed by atoms with van der Waals surface area (Å²) in [6.45, 7) is 2.24. The Kier molecular flexibility index (Phi) is 2.70. The van der Waals surface area contributed by atoms with Gasteiger partial charge in [-0.1, -0.05) is 0 Å². The Morgan fingerprint density at radius 2 is 2.17 bits per heavy atom. The van der Waals surface area contributed by atoms with Gasteiger partial charge in [-0.15, -0.1) is 11.6 Å². The van der Waals surface area contributed by atoms with Gasteiger partial charge in [0.1, 0.15) is 11.3 Å². The first-order valence-corrected chi connectivity index (χ1v) is 6.70. The predicted octanol–water partition coefficient (Wildman–Crippen LogP) is 2.73. The van der Waals surface area contributed by atoms with Crippen molar-refractivity contribution >= 4 is 22.8 Å². The number of pyridine rings is 1. The molecule has 0 atom stereocenters. The molecular formula is C13H16ClN3O. The van der Waals surface area contributed by atoms with Crippen molar-refractivity contribution in [2.75, 3.05) is 13.0 Å². The third-order valence-corrected chi connectivity index (χ3v) is 3.78. The molecule has 0 unspecified atom stereocenters. The Labute approximate surface area is 111 Å². The minimum atomic E-state index is 0.162. The van der Waals surface area contributed by atoms with E-state index in [2.05, 4.69) is 21.5 Å². The summed E-state index contributed by atoms with van der Waals surface area (Å²) in [5.74, 6) is 2.24. The maximum atomic E-state index is 5.87. The number of ether oxygens (including phenoxy) is 1. The average Bonchev–Trinajstić information content (AvgIpc) is 3.00. The van der Waals surface area contributed by atoms with Crippen LogP contribution in [-0.2, 0) is 12.0 Å². The molecule has 1 fully saturated rings. The molecule has 2 aromatic heterocycles. The Hall–Kier alpha value is -1.29. The number of rotatable bonds is 4. The van der Waals surface area contributed by atoms with Gasteiger partial charge in [0.2, 0.25) is 5.88 Å². The van der Waals surface area contributed by atoms with Crippen LogP contribution < -0.4 is 4.74 Å². The first kappa shape index (κ1) is 11.8. The lowest BCUT2D eigenvalue weighted by molar-refractivity contribution is 0.398. The fourth-order valence-corrected chi connectivity index (χ4v) is 2.49. The third kappa shape index (κ3) is 1.75. The van der Waals surface area contributed by atoms with Crippen LogP contribution in [0.25, 0.3) is 11.2 Å². The largest absolute Gasteiger partial charge is 0.481 e. The summed E-state index contributed by atoms with van der Waals surface area (Å²) in [5.41, 5.74) is 1.99. The Morgan fingerprint density at radius 1 is 1.39 bits per heavy atom. The molecule has 0 bridgehead atoms. The summed E-state index contributed by atoms with van der Waals surface area (Å²) in [6.07, 6.45) is 3.12. The van der Waals surface area contributed by atoms with Crippen LogP contribution in [0.4, 0.5) is 0 Å². The average molecular weight is 266 g/mol. The van der Waals surface area contributed by atoms with Crippen LogP contribution in [0.15, 0.2) is 12.1 Å². The molecule has 0 aromatic carbocycles. The van der Waals surface area contributed by atoms with Crippen LogP contribution in [0, 0.1) is 0 Å². The van der Waals surface area contributed by atoms with Crippen LogP contribution in [0.1, 0.15) is 25.6 Å². The van der Waals surface area contributed by atoms with Gasteiger partial charge in [-0.05, 0) is 25.8 Å². The molecule has 1 aliphatic carbocycles. The summed E-state index contributed by atoms with van der Waals surface area (Å²) in [4.78, 5) is 9.18. The smallest absolute Gasteiger partial charge is 0.215 e. The van der Waals surface area contributed by atoms with Crippen LogP contribution in [0.5, 0.6) is 5.88 Å². The number of aryl methyl sites for hydroxylation is 1. The number of fused-ring (bicyclic) bond motifs is 1. The van der Waals surface area contributed by atoms with E-state index >= 15 is 0 Å². The van der Waals surface area contributed by atoms with Crippen LogP contribution in [-0.4, -0.2) is 27.5 Å². The number of nitrogens with zero attached hydrogens (tertiary/aromatic N) is 3. The number of hydrogen-bond acceptors (Lipinski definition) is 3. The molecule has 96 valence electrons. The fourth-order valence-electron chi connectivity index (χ4n) is 2.32. The van der Waals surface area contributed by atoms with Crippen molar-refractivity contribution in [3.05, 3.63) is 18.0 Å². The molecule has 4 nitrogen and oxygen atoms in total. The Bertz CT molecular complexity index is 589. The summed E-state index contributed by atoms with van der Waals surface area (Å²) in [5, 5.41) is 0. The second-order valence-electron chi connectivity index (χ2n) is 5.00. The zero-order valence-corrected chi connectivity index (χ0v) is 11.4. The maximum absolute atomic E-state index is 5.87. The van der Waals surface area contributed by atoms with Crippen molar-refractivity contribution in [1.29, 1.82) is 0 Å². The molecule has 1 saturated carbocycles. The molecule has 0 radical (unpaired) electrons. The summed E-state index contributed by atoms with van der Waals surface area (Å²) >= 11 is 5.87. The van der Waals surface area contributed by atoms with Gasteiger partial charge in [0, 0.05) is 23.9 Å². The van der Waals surface area contributed by atoms with E-state index < -0.39 is 0 Å². The highest BCUT2D eigenvalue weighted by atomic mass is 35.5. The van der Waals surface area contributed by atoms with E-state index in [9.17, 15) is 0 Å². The molecule has 2 heterocycles. The highest BCUT2D eigenvalue weighted by molar-refractivity contribution is 6.17. The summed E-state index contributed by atoms with van der Waals surface area (Å²) < 4.78 is 7.44. The Balaban J connectivity index is 2.22. The van der Waals surface area contributed by atoms with Gasteiger partial charge >= 0.3 is 0 Å². The lowest BCUT2D eigenvalue weighted by Crippen LogP contribution is -2.16. The van der Waals surface area contributed by atoms with Gasteiger partial charge in [-0.3, -0.25) is 0 Å². The minimum Gasteiger partial charge on any atom is -0.481 e. The van der Waals surface area contributed by atoms with Gasteiger partial charge in [-0.25, -0.2) is 4.98 Å². The fraction of sp³-hybridized carbons (Fsp3) is 0.538. The second-order valence-corrected chi connectivity index (χ2v) is 5.37. The molecule has 5 heteroatoms. The molecule has 0 aliphatic heterocycles.